The van der Waals surface area contributed by atoms with E-state index in [-0.39, 0.29) is 0 Å². The van der Waals surface area contributed by atoms with Gasteiger partial charge in [-0.15, -0.1) is 0 Å². The number of anilines is 1. The zero-order chi connectivity index (χ0) is 14.9. The summed E-state index contributed by atoms with van der Waals surface area (Å²) in [6.07, 6.45) is 3.02. The molecule has 0 aliphatic carbocycles. The largest absolute Gasteiger partial charge is 0.366 e. The highest BCUT2D eigenvalue weighted by atomic mass is 15.1. The molecule has 1 aromatic carbocycles. The fourth-order valence-corrected chi connectivity index (χ4v) is 2.42. The lowest BCUT2D eigenvalue weighted by atomic mass is 10.1. The van der Waals surface area contributed by atoms with Gasteiger partial charge in [0.05, 0.1) is 12.2 Å². The van der Waals surface area contributed by atoms with Gasteiger partial charge in [0.25, 0.3) is 0 Å². The predicted molar refractivity (Wildman–Crippen MR) is 89.4 cm³/mol. The number of hydrogen-bond acceptors (Lipinski definition) is 3. The fraction of sp³-hybridized carbons (Fsp3) is 0.389. The number of nitrogens with one attached hydrogen (secondary N) is 1. The van der Waals surface area contributed by atoms with Gasteiger partial charge in [0, 0.05) is 25.0 Å². The van der Waals surface area contributed by atoms with E-state index in [1.165, 1.54) is 11.3 Å². The van der Waals surface area contributed by atoms with Crippen molar-refractivity contribution in [1.82, 2.24) is 10.3 Å². The fourth-order valence-electron chi connectivity index (χ4n) is 2.42. The third kappa shape index (κ3) is 4.57. The summed E-state index contributed by atoms with van der Waals surface area (Å²) in [4.78, 5) is 6.82. The topological polar surface area (TPSA) is 28.2 Å². The molecule has 0 saturated carbocycles. The summed E-state index contributed by atoms with van der Waals surface area (Å²) < 4.78 is 0. The molecule has 0 amide bonds. The molecule has 3 nitrogen and oxygen atoms in total. The Balaban J connectivity index is 2.13. The maximum absolute atomic E-state index is 4.44. The molecule has 0 aliphatic heterocycles. The third-order valence-corrected chi connectivity index (χ3v) is 3.54. The highest BCUT2D eigenvalue weighted by molar-refractivity contribution is 5.53. The minimum absolute atomic E-state index is 0.849. The van der Waals surface area contributed by atoms with E-state index in [1.807, 2.05) is 18.3 Å². The van der Waals surface area contributed by atoms with Crippen LogP contribution in [0.5, 0.6) is 0 Å². The van der Waals surface area contributed by atoms with E-state index in [9.17, 15) is 0 Å². The summed E-state index contributed by atoms with van der Waals surface area (Å²) in [6, 6.07) is 14.7. The third-order valence-electron chi connectivity index (χ3n) is 3.54. The first kappa shape index (κ1) is 15.5. The SMILES string of the molecule is CCCNCc1ccccc1N(CC)Cc1ccccn1. The molecule has 0 radical (unpaired) electrons. The molecular formula is C18H25N3. The maximum atomic E-state index is 4.44. The van der Waals surface area contributed by atoms with E-state index in [0.717, 1.165) is 38.3 Å². The summed E-state index contributed by atoms with van der Waals surface area (Å²) in [5.74, 6) is 0. The summed E-state index contributed by atoms with van der Waals surface area (Å²) in [6.45, 7) is 8.18. The monoisotopic (exact) mass is 283 g/mol. The Kier molecular flexibility index (Phi) is 6.22. The molecule has 0 unspecified atom stereocenters. The van der Waals surface area contributed by atoms with Crippen molar-refractivity contribution in [3.8, 4) is 0 Å². The first-order chi connectivity index (χ1) is 10.3. The van der Waals surface area contributed by atoms with Gasteiger partial charge in [-0.1, -0.05) is 31.2 Å². The van der Waals surface area contributed by atoms with Crippen LogP contribution >= 0.6 is 0 Å². The quantitative estimate of drug-likeness (QED) is 0.750. The van der Waals surface area contributed by atoms with Crippen LogP contribution in [0.1, 0.15) is 31.5 Å². The summed E-state index contributed by atoms with van der Waals surface area (Å²) >= 11 is 0. The van der Waals surface area contributed by atoms with Gasteiger partial charge in [-0.3, -0.25) is 4.98 Å². The number of rotatable bonds is 8. The van der Waals surface area contributed by atoms with Gasteiger partial charge < -0.3 is 10.2 Å². The predicted octanol–water partition coefficient (Wildman–Crippen LogP) is 3.61. The Morgan fingerprint density at radius 2 is 1.86 bits per heavy atom. The highest BCUT2D eigenvalue weighted by Crippen LogP contribution is 2.21. The molecule has 1 N–H and O–H groups in total. The number of hydrogen-bond donors (Lipinski definition) is 1. The van der Waals surface area contributed by atoms with Crippen molar-refractivity contribution in [2.24, 2.45) is 0 Å². The molecule has 3 heteroatoms. The molecule has 0 saturated heterocycles. The second-order valence-corrected chi connectivity index (χ2v) is 5.14. The van der Waals surface area contributed by atoms with Gasteiger partial charge in [0.2, 0.25) is 0 Å². The van der Waals surface area contributed by atoms with E-state index >= 15 is 0 Å². The van der Waals surface area contributed by atoms with Gasteiger partial charge >= 0.3 is 0 Å². The second kappa shape index (κ2) is 8.42. The Morgan fingerprint density at radius 3 is 2.57 bits per heavy atom. The van der Waals surface area contributed by atoms with Crippen LogP contribution in [-0.4, -0.2) is 18.1 Å². The zero-order valence-electron chi connectivity index (χ0n) is 13.0. The van der Waals surface area contributed by atoms with Crippen molar-refractivity contribution in [3.63, 3.8) is 0 Å². The average Bonchev–Trinajstić information content (AvgIpc) is 2.54. The maximum Gasteiger partial charge on any atom is 0.0602 e. The molecule has 0 aliphatic rings. The van der Waals surface area contributed by atoms with Crippen molar-refractivity contribution in [2.45, 2.75) is 33.4 Å². The summed E-state index contributed by atoms with van der Waals surface area (Å²) in [5, 5.41) is 3.49. The van der Waals surface area contributed by atoms with E-state index in [0.29, 0.717) is 0 Å². The molecule has 0 bridgehead atoms. The second-order valence-electron chi connectivity index (χ2n) is 5.14. The number of pyridine rings is 1. The van der Waals surface area contributed by atoms with Gasteiger partial charge in [0.1, 0.15) is 0 Å². The average molecular weight is 283 g/mol. The minimum Gasteiger partial charge on any atom is -0.366 e. The van der Waals surface area contributed by atoms with Crippen LogP contribution in [0, 0.1) is 0 Å². The molecule has 21 heavy (non-hydrogen) atoms. The number of para-hydroxylation sites is 1. The minimum atomic E-state index is 0.849. The lowest BCUT2D eigenvalue weighted by Gasteiger charge is -2.25. The van der Waals surface area contributed by atoms with Crippen LogP contribution in [0.4, 0.5) is 5.69 Å². The van der Waals surface area contributed by atoms with Crippen LogP contribution in [0.15, 0.2) is 48.7 Å². The Bertz CT molecular complexity index is 525. The molecular weight excluding hydrogens is 258 g/mol. The Labute approximate surface area is 128 Å². The smallest absolute Gasteiger partial charge is 0.0602 e. The number of nitrogens with zero attached hydrogens (tertiary/aromatic N) is 2. The number of benzene rings is 1. The van der Waals surface area contributed by atoms with Crippen molar-refractivity contribution in [3.05, 3.63) is 59.9 Å². The Morgan fingerprint density at radius 1 is 1.05 bits per heavy atom. The van der Waals surface area contributed by atoms with Crippen LogP contribution in [0.3, 0.4) is 0 Å². The molecule has 0 spiro atoms. The lowest BCUT2D eigenvalue weighted by molar-refractivity contribution is 0.671. The molecule has 112 valence electrons. The molecule has 2 rings (SSSR count). The molecule has 1 heterocycles. The van der Waals surface area contributed by atoms with E-state index in [1.54, 1.807) is 0 Å². The van der Waals surface area contributed by atoms with Crippen LogP contribution < -0.4 is 10.2 Å². The van der Waals surface area contributed by atoms with Crippen LogP contribution in [-0.2, 0) is 13.1 Å². The lowest BCUT2D eigenvalue weighted by Crippen LogP contribution is -2.25. The van der Waals surface area contributed by atoms with Crippen molar-refractivity contribution in [1.29, 1.82) is 0 Å². The van der Waals surface area contributed by atoms with Crippen molar-refractivity contribution >= 4 is 5.69 Å². The van der Waals surface area contributed by atoms with E-state index in [2.05, 4.69) is 59.4 Å². The van der Waals surface area contributed by atoms with Gasteiger partial charge in [-0.2, -0.15) is 0 Å². The summed E-state index contributed by atoms with van der Waals surface area (Å²) in [5.41, 5.74) is 3.76. The Hall–Kier alpha value is -1.87. The summed E-state index contributed by atoms with van der Waals surface area (Å²) in [7, 11) is 0. The normalized spacial score (nSPS) is 10.6. The van der Waals surface area contributed by atoms with E-state index < -0.39 is 0 Å². The van der Waals surface area contributed by atoms with Gasteiger partial charge in [-0.05, 0) is 43.7 Å². The molecule has 0 fully saturated rings. The van der Waals surface area contributed by atoms with Crippen molar-refractivity contribution < 1.29 is 0 Å². The zero-order valence-corrected chi connectivity index (χ0v) is 13.0. The van der Waals surface area contributed by atoms with Crippen LogP contribution in [0.2, 0.25) is 0 Å². The number of aromatic nitrogens is 1. The first-order valence-corrected chi connectivity index (χ1v) is 7.78. The van der Waals surface area contributed by atoms with Gasteiger partial charge in [-0.25, -0.2) is 0 Å². The first-order valence-electron chi connectivity index (χ1n) is 7.78. The molecule has 2 aromatic rings. The standard InChI is InChI=1S/C18H25N3/c1-3-12-19-14-16-9-5-6-11-18(16)21(4-2)15-17-10-7-8-13-20-17/h5-11,13,19H,3-4,12,14-15H2,1-2H3. The molecule has 0 atom stereocenters. The van der Waals surface area contributed by atoms with Crippen molar-refractivity contribution in [2.75, 3.05) is 18.0 Å². The molecule has 1 aromatic heterocycles. The van der Waals surface area contributed by atoms with Gasteiger partial charge in [0.15, 0.2) is 0 Å². The highest BCUT2D eigenvalue weighted by Gasteiger charge is 2.10. The van der Waals surface area contributed by atoms with Crippen LogP contribution in [0.25, 0.3) is 0 Å². The van der Waals surface area contributed by atoms with E-state index in [4.69, 9.17) is 0 Å².